The SMILES string of the molecule is CCn1cnnc1C1CCN(C(=O)CCc2ncc(-c3ccccc3F)o2)CC1. The molecule has 1 aliphatic heterocycles. The normalized spacial score (nSPS) is 15.0. The Kier molecular flexibility index (Phi) is 5.69. The number of halogens is 1. The second-order valence-electron chi connectivity index (χ2n) is 7.23. The number of nitrogens with zero attached hydrogens (tertiary/aromatic N) is 5. The van der Waals surface area contributed by atoms with Gasteiger partial charge in [-0.1, -0.05) is 12.1 Å². The Hall–Kier alpha value is -3.03. The molecule has 1 fully saturated rings. The average molecular weight is 397 g/mol. The van der Waals surface area contributed by atoms with Gasteiger partial charge in [0, 0.05) is 38.4 Å². The lowest BCUT2D eigenvalue weighted by Crippen LogP contribution is -2.38. The van der Waals surface area contributed by atoms with E-state index in [4.69, 9.17) is 4.42 Å². The van der Waals surface area contributed by atoms with E-state index in [1.165, 1.54) is 12.3 Å². The third kappa shape index (κ3) is 4.21. The molecule has 7 nitrogen and oxygen atoms in total. The van der Waals surface area contributed by atoms with Crippen molar-refractivity contribution in [1.82, 2.24) is 24.6 Å². The van der Waals surface area contributed by atoms with Crippen molar-refractivity contribution < 1.29 is 13.6 Å². The van der Waals surface area contributed by atoms with Crippen LogP contribution in [-0.2, 0) is 17.8 Å². The van der Waals surface area contributed by atoms with Gasteiger partial charge in [-0.05, 0) is 31.9 Å². The first-order valence-corrected chi connectivity index (χ1v) is 10.0. The highest BCUT2D eigenvalue weighted by molar-refractivity contribution is 5.76. The van der Waals surface area contributed by atoms with Crippen molar-refractivity contribution in [3.8, 4) is 11.3 Å². The van der Waals surface area contributed by atoms with E-state index in [0.29, 0.717) is 49.1 Å². The van der Waals surface area contributed by atoms with E-state index in [0.717, 1.165) is 25.2 Å². The van der Waals surface area contributed by atoms with Crippen molar-refractivity contribution in [1.29, 1.82) is 0 Å². The first-order valence-electron chi connectivity index (χ1n) is 10.0. The number of carbonyl (C=O) groups is 1. The molecule has 1 aromatic carbocycles. The first kappa shape index (κ1) is 19.3. The fourth-order valence-corrected chi connectivity index (χ4v) is 3.79. The molecule has 0 aliphatic carbocycles. The Morgan fingerprint density at radius 2 is 2.07 bits per heavy atom. The molecule has 0 bridgehead atoms. The molecule has 0 radical (unpaired) electrons. The number of amides is 1. The highest BCUT2D eigenvalue weighted by Gasteiger charge is 2.26. The molecule has 3 heterocycles. The molecule has 3 aromatic rings. The molecular weight excluding hydrogens is 373 g/mol. The molecule has 2 aromatic heterocycles. The minimum Gasteiger partial charge on any atom is -0.441 e. The molecule has 8 heteroatoms. The van der Waals surface area contributed by atoms with Crippen LogP contribution in [0.1, 0.15) is 43.8 Å². The Morgan fingerprint density at radius 3 is 2.83 bits per heavy atom. The number of aromatic nitrogens is 4. The summed E-state index contributed by atoms with van der Waals surface area (Å²) in [6, 6.07) is 6.41. The van der Waals surface area contributed by atoms with Crippen LogP contribution in [0.3, 0.4) is 0 Å². The van der Waals surface area contributed by atoms with Gasteiger partial charge < -0.3 is 13.9 Å². The molecule has 0 spiro atoms. The summed E-state index contributed by atoms with van der Waals surface area (Å²) in [6.07, 6.45) is 5.78. The Bertz CT molecular complexity index is 975. The summed E-state index contributed by atoms with van der Waals surface area (Å²) in [5, 5.41) is 8.26. The second kappa shape index (κ2) is 8.55. The minimum atomic E-state index is -0.354. The zero-order chi connectivity index (χ0) is 20.2. The Balaban J connectivity index is 1.29. The number of aryl methyl sites for hydroxylation is 2. The number of oxazole rings is 1. The predicted molar refractivity (Wildman–Crippen MR) is 104 cm³/mol. The summed E-state index contributed by atoms with van der Waals surface area (Å²) in [5.41, 5.74) is 0.375. The summed E-state index contributed by atoms with van der Waals surface area (Å²) in [5.74, 6) is 1.92. The van der Waals surface area contributed by atoms with Crippen LogP contribution in [0.5, 0.6) is 0 Å². The molecule has 152 valence electrons. The number of hydrogen-bond donors (Lipinski definition) is 0. The van der Waals surface area contributed by atoms with Gasteiger partial charge in [-0.25, -0.2) is 9.37 Å². The molecule has 0 saturated carbocycles. The highest BCUT2D eigenvalue weighted by atomic mass is 19.1. The third-order valence-corrected chi connectivity index (χ3v) is 5.44. The molecule has 1 saturated heterocycles. The number of piperidine rings is 1. The van der Waals surface area contributed by atoms with Gasteiger partial charge in [0.05, 0.1) is 11.8 Å². The van der Waals surface area contributed by atoms with Crippen molar-refractivity contribution in [2.75, 3.05) is 13.1 Å². The summed E-state index contributed by atoms with van der Waals surface area (Å²) in [4.78, 5) is 18.7. The topological polar surface area (TPSA) is 77.1 Å². The molecule has 0 unspecified atom stereocenters. The van der Waals surface area contributed by atoms with Gasteiger partial charge in [0.25, 0.3) is 0 Å². The van der Waals surface area contributed by atoms with Crippen LogP contribution in [0.15, 0.2) is 41.2 Å². The van der Waals surface area contributed by atoms with Gasteiger partial charge in [0.1, 0.15) is 18.0 Å². The lowest BCUT2D eigenvalue weighted by Gasteiger charge is -2.31. The smallest absolute Gasteiger partial charge is 0.223 e. The number of rotatable bonds is 6. The van der Waals surface area contributed by atoms with Gasteiger partial charge in [0.15, 0.2) is 11.7 Å². The van der Waals surface area contributed by atoms with Crippen LogP contribution in [-0.4, -0.2) is 43.6 Å². The number of hydrogen-bond acceptors (Lipinski definition) is 5. The molecule has 4 rings (SSSR count). The van der Waals surface area contributed by atoms with E-state index < -0.39 is 0 Å². The molecule has 0 N–H and O–H groups in total. The fourth-order valence-electron chi connectivity index (χ4n) is 3.79. The maximum absolute atomic E-state index is 13.9. The average Bonchev–Trinajstić information content (AvgIpc) is 3.42. The van der Waals surface area contributed by atoms with Gasteiger partial charge in [-0.2, -0.15) is 0 Å². The third-order valence-electron chi connectivity index (χ3n) is 5.44. The largest absolute Gasteiger partial charge is 0.441 e. The predicted octanol–water partition coefficient (Wildman–Crippen LogP) is 3.43. The van der Waals surface area contributed by atoms with Gasteiger partial charge >= 0.3 is 0 Å². The van der Waals surface area contributed by atoms with Gasteiger partial charge in [-0.15, -0.1) is 10.2 Å². The monoisotopic (exact) mass is 397 g/mol. The molecule has 1 aliphatic rings. The van der Waals surface area contributed by atoms with Crippen LogP contribution in [0.4, 0.5) is 4.39 Å². The minimum absolute atomic E-state index is 0.0889. The fraction of sp³-hybridized carbons (Fsp3) is 0.429. The number of likely N-dealkylation sites (tertiary alicyclic amines) is 1. The number of carbonyl (C=O) groups excluding carboxylic acids is 1. The van der Waals surface area contributed by atoms with Crippen LogP contribution in [0, 0.1) is 5.82 Å². The molecule has 29 heavy (non-hydrogen) atoms. The van der Waals surface area contributed by atoms with Crippen LogP contribution < -0.4 is 0 Å². The van der Waals surface area contributed by atoms with Crippen molar-refractivity contribution in [2.45, 2.75) is 45.1 Å². The van der Waals surface area contributed by atoms with E-state index >= 15 is 0 Å². The zero-order valence-corrected chi connectivity index (χ0v) is 16.4. The summed E-state index contributed by atoms with van der Waals surface area (Å²) in [7, 11) is 0. The number of benzene rings is 1. The maximum atomic E-state index is 13.9. The highest BCUT2D eigenvalue weighted by Crippen LogP contribution is 2.27. The standard InChI is InChI=1S/C21H24FN5O2/c1-2-26-14-24-25-21(26)15-9-11-27(12-10-15)20(28)8-7-19-23-13-18(29-19)16-5-3-4-6-17(16)22/h3-6,13-15H,2,7-12H2,1H3. The Labute approximate surface area is 168 Å². The van der Waals surface area contributed by atoms with Crippen molar-refractivity contribution in [2.24, 2.45) is 0 Å². The zero-order valence-electron chi connectivity index (χ0n) is 16.4. The second-order valence-corrected chi connectivity index (χ2v) is 7.23. The lowest BCUT2D eigenvalue weighted by atomic mass is 9.95. The van der Waals surface area contributed by atoms with Crippen molar-refractivity contribution in [3.63, 3.8) is 0 Å². The van der Waals surface area contributed by atoms with Crippen molar-refractivity contribution >= 4 is 5.91 Å². The first-order chi connectivity index (χ1) is 14.2. The van der Waals surface area contributed by atoms with Crippen LogP contribution >= 0.6 is 0 Å². The summed E-state index contributed by atoms with van der Waals surface area (Å²) in [6.45, 7) is 4.36. The van der Waals surface area contributed by atoms with E-state index in [1.807, 2.05) is 4.90 Å². The summed E-state index contributed by atoms with van der Waals surface area (Å²) >= 11 is 0. The van der Waals surface area contributed by atoms with Gasteiger partial charge in [0.2, 0.25) is 5.91 Å². The lowest BCUT2D eigenvalue weighted by molar-refractivity contribution is -0.132. The van der Waals surface area contributed by atoms with Gasteiger partial charge in [-0.3, -0.25) is 4.79 Å². The maximum Gasteiger partial charge on any atom is 0.223 e. The molecule has 1 amide bonds. The van der Waals surface area contributed by atoms with Crippen molar-refractivity contribution in [3.05, 3.63) is 54.3 Å². The quantitative estimate of drug-likeness (QED) is 0.637. The molecular formula is C21H24FN5O2. The summed E-state index contributed by atoms with van der Waals surface area (Å²) < 4.78 is 21.6. The van der Waals surface area contributed by atoms with Crippen LogP contribution in [0.25, 0.3) is 11.3 Å². The van der Waals surface area contributed by atoms with Crippen LogP contribution in [0.2, 0.25) is 0 Å². The molecule has 0 atom stereocenters. The Morgan fingerprint density at radius 1 is 1.28 bits per heavy atom. The van der Waals surface area contributed by atoms with E-state index in [9.17, 15) is 9.18 Å². The van der Waals surface area contributed by atoms with E-state index in [-0.39, 0.29) is 11.7 Å². The van der Waals surface area contributed by atoms with E-state index in [2.05, 4.69) is 26.7 Å². The van der Waals surface area contributed by atoms with E-state index in [1.54, 1.807) is 24.5 Å².